The van der Waals surface area contributed by atoms with Gasteiger partial charge in [-0.05, 0) is 26.2 Å². The van der Waals surface area contributed by atoms with Gasteiger partial charge in [-0.3, -0.25) is 9.59 Å². The van der Waals surface area contributed by atoms with Crippen molar-refractivity contribution in [2.45, 2.75) is 38.6 Å². The summed E-state index contributed by atoms with van der Waals surface area (Å²) in [4.78, 5) is 22.1. The van der Waals surface area contributed by atoms with E-state index in [0.29, 0.717) is 32.5 Å². The van der Waals surface area contributed by atoms with E-state index >= 15 is 0 Å². The van der Waals surface area contributed by atoms with Gasteiger partial charge in [0.15, 0.2) is 0 Å². The molecule has 1 aliphatic carbocycles. The lowest BCUT2D eigenvalue weighted by Crippen LogP contribution is -2.33. The third-order valence-corrected chi connectivity index (χ3v) is 2.82. The van der Waals surface area contributed by atoms with Crippen LogP contribution in [0.4, 0.5) is 0 Å². The Kier molecular flexibility index (Phi) is 5.25. The second-order valence-corrected chi connectivity index (χ2v) is 4.06. The summed E-state index contributed by atoms with van der Waals surface area (Å²) in [5, 5.41) is 11.6. The van der Waals surface area contributed by atoms with Crippen molar-refractivity contribution in [1.82, 2.24) is 5.32 Å². The van der Waals surface area contributed by atoms with Crippen molar-refractivity contribution < 1.29 is 19.4 Å². The van der Waals surface area contributed by atoms with Crippen LogP contribution in [0.1, 0.15) is 32.6 Å². The molecular weight excluding hydrogens is 210 g/mol. The number of ether oxygens (including phenoxy) is 1. The molecule has 0 aromatic carbocycles. The van der Waals surface area contributed by atoms with Gasteiger partial charge < -0.3 is 15.2 Å². The Morgan fingerprint density at radius 3 is 2.75 bits per heavy atom. The number of hydrogen-bond acceptors (Lipinski definition) is 3. The summed E-state index contributed by atoms with van der Waals surface area (Å²) in [6.45, 7) is 2.92. The molecule has 5 nitrogen and oxygen atoms in total. The van der Waals surface area contributed by atoms with Crippen LogP contribution in [0.5, 0.6) is 0 Å². The number of aliphatic carboxylic acids is 1. The topological polar surface area (TPSA) is 75.6 Å². The van der Waals surface area contributed by atoms with E-state index in [4.69, 9.17) is 9.84 Å². The van der Waals surface area contributed by atoms with Crippen LogP contribution in [0.15, 0.2) is 0 Å². The molecular formula is C11H19NO4. The number of carboxylic acids is 1. The number of carbonyl (C=O) groups excluding carboxylic acids is 1. The second-order valence-electron chi connectivity index (χ2n) is 4.06. The molecule has 2 atom stereocenters. The molecule has 0 heterocycles. The Morgan fingerprint density at radius 2 is 2.19 bits per heavy atom. The van der Waals surface area contributed by atoms with Crippen molar-refractivity contribution in [1.29, 1.82) is 0 Å². The van der Waals surface area contributed by atoms with Crippen LogP contribution < -0.4 is 5.32 Å². The Hall–Kier alpha value is -1.10. The maximum absolute atomic E-state index is 11.4. The monoisotopic (exact) mass is 229 g/mol. The molecule has 0 aromatic rings. The van der Waals surface area contributed by atoms with Gasteiger partial charge in [-0.15, -0.1) is 0 Å². The minimum Gasteiger partial charge on any atom is -0.481 e. The summed E-state index contributed by atoms with van der Waals surface area (Å²) in [6.07, 6.45) is 2.32. The molecule has 0 radical (unpaired) electrons. The highest BCUT2D eigenvalue weighted by molar-refractivity contribution is 5.76. The Bertz CT molecular complexity index is 254. The highest BCUT2D eigenvalue weighted by Gasteiger charge is 2.30. The van der Waals surface area contributed by atoms with Gasteiger partial charge in [0.25, 0.3) is 0 Å². The first-order valence-corrected chi connectivity index (χ1v) is 5.73. The van der Waals surface area contributed by atoms with Crippen molar-refractivity contribution in [3.63, 3.8) is 0 Å². The van der Waals surface area contributed by atoms with Gasteiger partial charge in [-0.25, -0.2) is 0 Å². The quantitative estimate of drug-likeness (QED) is 0.660. The molecule has 92 valence electrons. The third kappa shape index (κ3) is 4.18. The molecule has 5 heteroatoms. The van der Waals surface area contributed by atoms with Crippen LogP contribution >= 0.6 is 0 Å². The van der Waals surface area contributed by atoms with E-state index in [1.807, 2.05) is 6.92 Å². The molecule has 1 amide bonds. The number of rotatable bonds is 6. The molecule has 0 unspecified atom stereocenters. The fraction of sp³-hybridized carbons (Fsp3) is 0.818. The van der Waals surface area contributed by atoms with Gasteiger partial charge in [0.2, 0.25) is 5.91 Å². The highest BCUT2D eigenvalue weighted by atomic mass is 16.5. The lowest BCUT2D eigenvalue weighted by atomic mass is 10.1. The number of carboxylic acid groups (broad SMARTS) is 1. The van der Waals surface area contributed by atoms with E-state index in [9.17, 15) is 9.59 Å². The summed E-state index contributed by atoms with van der Waals surface area (Å²) in [7, 11) is 0. The Morgan fingerprint density at radius 1 is 1.44 bits per heavy atom. The number of hydrogen-bond donors (Lipinski definition) is 2. The number of carbonyl (C=O) groups is 2. The maximum atomic E-state index is 11.4. The normalized spacial score (nSPS) is 24.3. The molecule has 1 rings (SSSR count). The summed E-state index contributed by atoms with van der Waals surface area (Å²) in [5.41, 5.74) is 0. The largest absolute Gasteiger partial charge is 0.481 e. The average Bonchev–Trinajstić information content (AvgIpc) is 2.66. The van der Waals surface area contributed by atoms with Gasteiger partial charge in [-0.1, -0.05) is 0 Å². The standard InChI is InChI=1S/C11H19NO4/c1-2-16-6-5-10(13)12-9-4-3-8(7-9)11(14)15/h8-9H,2-7H2,1H3,(H,12,13)(H,14,15)/t8-,9+/m1/s1. The highest BCUT2D eigenvalue weighted by Crippen LogP contribution is 2.25. The van der Waals surface area contributed by atoms with Gasteiger partial charge >= 0.3 is 5.97 Å². The molecule has 0 bridgehead atoms. The van der Waals surface area contributed by atoms with Gasteiger partial charge in [0, 0.05) is 19.1 Å². The molecule has 0 spiro atoms. The average molecular weight is 229 g/mol. The van der Waals surface area contributed by atoms with E-state index in [0.717, 1.165) is 6.42 Å². The predicted molar refractivity (Wildman–Crippen MR) is 58.0 cm³/mol. The molecule has 1 fully saturated rings. The van der Waals surface area contributed by atoms with E-state index < -0.39 is 5.97 Å². The van der Waals surface area contributed by atoms with Crippen LogP contribution in [0.3, 0.4) is 0 Å². The molecule has 0 aliphatic heterocycles. The van der Waals surface area contributed by atoms with E-state index in [1.54, 1.807) is 0 Å². The van der Waals surface area contributed by atoms with Gasteiger partial charge in [0.1, 0.15) is 0 Å². The first-order chi connectivity index (χ1) is 7.63. The van der Waals surface area contributed by atoms with E-state index in [2.05, 4.69) is 5.32 Å². The zero-order valence-electron chi connectivity index (χ0n) is 9.57. The Balaban J connectivity index is 2.18. The van der Waals surface area contributed by atoms with Gasteiger partial charge in [-0.2, -0.15) is 0 Å². The third-order valence-electron chi connectivity index (χ3n) is 2.82. The molecule has 0 saturated heterocycles. The zero-order chi connectivity index (χ0) is 12.0. The molecule has 16 heavy (non-hydrogen) atoms. The minimum absolute atomic E-state index is 0.0234. The smallest absolute Gasteiger partial charge is 0.306 e. The Labute approximate surface area is 95.2 Å². The van der Waals surface area contributed by atoms with Crippen molar-refractivity contribution in [2.75, 3.05) is 13.2 Å². The predicted octanol–water partition coefficient (Wildman–Crippen LogP) is 0.782. The van der Waals surface area contributed by atoms with Crippen molar-refractivity contribution in [3.8, 4) is 0 Å². The summed E-state index contributed by atoms with van der Waals surface area (Å²) in [6, 6.07) is 0.0234. The van der Waals surface area contributed by atoms with Crippen LogP contribution in [-0.4, -0.2) is 36.2 Å². The number of amides is 1. The van der Waals surface area contributed by atoms with E-state index in [1.165, 1.54) is 0 Å². The molecule has 2 N–H and O–H groups in total. The van der Waals surface area contributed by atoms with Crippen LogP contribution in [0.2, 0.25) is 0 Å². The summed E-state index contributed by atoms with van der Waals surface area (Å²) < 4.78 is 5.07. The van der Waals surface area contributed by atoms with Crippen molar-refractivity contribution >= 4 is 11.9 Å². The van der Waals surface area contributed by atoms with Crippen LogP contribution in [0.25, 0.3) is 0 Å². The second kappa shape index (κ2) is 6.48. The summed E-state index contributed by atoms with van der Waals surface area (Å²) >= 11 is 0. The summed E-state index contributed by atoms with van der Waals surface area (Å²) in [5.74, 6) is -1.10. The molecule has 1 saturated carbocycles. The van der Waals surface area contributed by atoms with Crippen molar-refractivity contribution in [3.05, 3.63) is 0 Å². The zero-order valence-corrected chi connectivity index (χ0v) is 9.57. The fourth-order valence-electron chi connectivity index (χ4n) is 1.95. The SMILES string of the molecule is CCOCCC(=O)N[C@H]1CC[C@@H](C(=O)O)C1. The van der Waals surface area contributed by atoms with Crippen LogP contribution in [-0.2, 0) is 14.3 Å². The molecule has 1 aliphatic rings. The minimum atomic E-state index is -0.758. The first-order valence-electron chi connectivity index (χ1n) is 5.73. The lowest BCUT2D eigenvalue weighted by Gasteiger charge is -2.12. The van der Waals surface area contributed by atoms with Crippen LogP contribution in [0, 0.1) is 5.92 Å². The van der Waals surface area contributed by atoms with Crippen molar-refractivity contribution in [2.24, 2.45) is 5.92 Å². The van der Waals surface area contributed by atoms with E-state index in [-0.39, 0.29) is 17.9 Å². The fourth-order valence-corrected chi connectivity index (χ4v) is 1.95. The van der Waals surface area contributed by atoms with Gasteiger partial charge in [0.05, 0.1) is 12.5 Å². The first kappa shape index (κ1) is 13.0. The maximum Gasteiger partial charge on any atom is 0.306 e. The lowest BCUT2D eigenvalue weighted by molar-refractivity contribution is -0.141. The number of nitrogens with one attached hydrogen (secondary N) is 1. The molecule has 0 aromatic heterocycles.